The molecule has 0 nitrogen and oxygen atoms in total. The van der Waals surface area contributed by atoms with Gasteiger partial charge < -0.3 is 0 Å². The fourth-order valence-corrected chi connectivity index (χ4v) is 3.42. The number of rotatable bonds is 2. The standard InChI is InChI=1S/C19H19F3/c1-12-2-4-13(5-3-12)16-8-6-14(10-18(16)21)17-9-7-15(20)11-19(17)22/h2-5,7,9,11,14,16,18H,6,8,10H2,1H3/t14-,16?,18?/m0/s1. The van der Waals surface area contributed by atoms with Crippen molar-refractivity contribution in [1.82, 2.24) is 0 Å². The second kappa shape index (κ2) is 6.15. The molecule has 2 aromatic carbocycles. The summed E-state index contributed by atoms with van der Waals surface area (Å²) in [5, 5.41) is 0. The lowest BCUT2D eigenvalue weighted by molar-refractivity contribution is 0.197. The molecule has 0 heterocycles. The van der Waals surface area contributed by atoms with E-state index in [0.29, 0.717) is 18.4 Å². The summed E-state index contributed by atoms with van der Waals surface area (Å²) in [4.78, 5) is 0. The highest BCUT2D eigenvalue weighted by atomic mass is 19.1. The van der Waals surface area contributed by atoms with Crippen LogP contribution in [0.1, 0.15) is 47.8 Å². The van der Waals surface area contributed by atoms with Crippen LogP contribution in [-0.2, 0) is 0 Å². The highest BCUT2D eigenvalue weighted by Crippen LogP contribution is 2.42. The third-order valence-corrected chi connectivity index (χ3v) is 4.68. The van der Waals surface area contributed by atoms with Crippen molar-refractivity contribution < 1.29 is 13.2 Å². The molecule has 0 saturated heterocycles. The molecule has 0 radical (unpaired) electrons. The minimum atomic E-state index is -0.995. The van der Waals surface area contributed by atoms with Crippen molar-refractivity contribution >= 4 is 0 Å². The first-order valence-electron chi connectivity index (χ1n) is 7.70. The van der Waals surface area contributed by atoms with Crippen molar-refractivity contribution in [2.45, 2.75) is 44.2 Å². The van der Waals surface area contributed by atoms with E-state index in [-0.39, 0.29) is 11.8 Å². The summed E-state index contributed by atoms with van der Waals surface area (Å²) in [6.45, 7) is 2.00. The zero-order chi connectivity index (χ0) is 15.7. The molecule has 3 rings (SSSR count). The Morgan fingerprint density at radius 1 is 0.955 bits per heavy atom. The maximum absolute atomic E-state index is 14.6. The van der Waals surface area contributed by atoms with Gasteiger partial charge in [0.25, 0.3) is 0 Å². The molecule has 0 aromatic heterocycles. The van der Waals surface area contributed by atoms with Gasteiger partial charge in [-0.2, -0.15) is 0 Å². The van der Waals surface area contributed by atoms with E-state index in [4.69, 9.17) is 0 Å². The quantitative estimate of drug-likeness (QED) is 0.671. The van der Waals surface area contributed by atoms with Gasteiger partial charge in [-0.05, 0) is 49.3 Å². The van der Waals surface area contributed by atoms with Crippen molar-refractivity contribution in [3.63, 3.8) is 0 Å². The van der Waals surface area contributed by atoms with E-state index in [1.165, 1.54) is 12.1 Å². The van der Waals surface area contributed by atoms with Crippen LogP contribution >= 0.6 is 0 Å². The maximum atomic E-state index is 14.6. The summed E-state index contributed by atoms with van der Waals surface area (Å²) >= 11 is 0. The van der Waals surface area contributed by atoms with Crippen LogP contribution in [0.25, 0.3) is 0 Å². The summed E-state index contributed by atoms with van der Waals surface area (Å²) in [6.07, 6.45) is 0.708. The lowest BCUT2D eigenvalue weighted by Crippen LogP contribution is -2.24. The van der Waals surface area contributed by atoms with Gasteiger partial charge in [-0.15, -0.1) is 0 Å². The van der Waals surface area contributed by atoms with E-state index in [0.717, 1.165) is 23.6 Å². The SMILES string of the molecule is Cc1ccc(C2CC[C@H](c3ccc(F)cc3F)CC2F)cc1. The zero-order valence-corrected chi connectivity index (χ0v) is 12.5. The Bertz CT molecular complexity index is 648. The van der Waals surface area contributed by atoms with Crippen LogP contribution in [0.3, 0.4) is 0 Å². The van der Waals surface area contributed by atoms with Gasteiger partial charge in [0.2, 0.25) is 0 Å². The number of alkyl halides is 1. The number of benzene rings is 2. The Morgan fingerprint density at radius 2 is 1.68 bits per heavy atom. The lowest BCUT2D eigenvalue weighted by atomic mass is 9.75. The molecular formula is C19H19F3. The van der Waals surface area contributed by atoms with Crippen LogP contribution in [0, 0.1) is 18.6 Å². The van der Waals surface area contributed by atoms with Crippen LogP contribution in [0.2, 0.25) is 0 Å². The Balaban J connectivity index is 1.75. The van der Waals surface area contributed by atoms with Crippen LogP contribution in [0.15, 0.2) is 42.5 Å². The molecule has 1 aliphatic carbocycles. The zero-order valence-electron chi connectivity index (χ0n) is 12.5. The predicted molar refractivity (Wildman–Crippen MR) is 81.8 cm³/mol. The molecule has 3 atom stereocenters. The molecule has 0 N–H and O–H groups in total. The van der Waals surface area contributed by atoms with Crippen LogP contribution in [-0.4, -0.2) is 6.17 Å². The Labute approximate surface area is 129 Å². The predicted octanol–water partition coefficient (Wildman–Crippen LogP) is 5.66. The van der Waals surface area contributed by atoms with E-state index < -0.39 is 17.8 Å². The molecule has 22 heavy (non-hydrogen) atoms. The summed E-state index contributed by atoms with van der Waals surface area (Å²) in [7, 11) is 0. The molecule has 3 heteroatoms. The second-order valence-corrected chi connectivity index (χ2v) is 6.21. The first-order chi connectivity index (χ1) is 10.5. The molecule has 1 aliphatic rings. The molecule has 1 saturated carbocycles. The van der Waals surface area contributed by atoms with Crippen LogP contribution in [0.4, 0.5) is 13.2 Å². The van der Waals surface area contributed by atoms with E-state index in [1.54, 1.807) is 0 Å². The number of halogens is 3. The van der Waals surface area contributed by atoms with Crippen molar-refractivity contribution in [3.8, 4) is 0 Å². The van der Waals surface area contributed by atoms with Gasteiger partial charge in [0, 0.05) is 12.0 Å². The van der Waals surface area contributed by atoms with E-state index in [2.05, 4.69) is 0 Å². The van der Waals surface area contributed by atoms with Crippen molar-refractivity contribution in [1.29, 1.82) is 0 Å². The largest absolute Gasteiger partial charge is 0.247 e. The molecule has 0 bridgehead atoms. The first-order valence-corrected chi connectivity index (χ1v) is 7.70. The van der Waals surface area contributed by atoms with Gasteiger partial charge in [-0.3, -0.25) is 0 Å². The molecule has 0 spiro atoms. The Kier molecular flexibility index (Phi) is 4.23. The van der Waals surface area contributed by atoms with Gasteiger partial charge in [0.15, 0.2) is 0 Å². The number of hydrogen-bond acceptors (Lipinski definition) is 0. The Hall–Kier alpha value is -1.77. The minimum Gasteiger partial charge on any atom is -0.247 e. The molecule has 2 aromatic rings. The van der Waals surface area contributed by atoms with Gasteiger partial charge in [0.05, 0.1) is 0 Å². The highest BCUT2D eigenvalue weighted by molar-refractivity contribution is 5.28. The average Bonchev–Trinajstić information content (AvgIpc) is 2.48. The van der Waals surface area contributed by atoms with Crippen molar-refractivity contribution in [2.75, 3.05) is 0 Å². The van der Waals surface area contributed by atoms with Crippen molar-refractivity contribution in [3.05, 3.63) is 70.8 Å². The summed E-state index contributed by atoms with van der Waals surface area (Å²) in [5.74, 6) is -1.45. The lowest BCUT2D eigenvalue weighted by Gasteiger charge is -2.32. The van der Waals surface area contributed by atoms with Gasteiger partial charge in [-0.25, -0.2) is 13.2 Å². The van der Waals surface area contributed by atoms with Crippen molar-refractivity contribution in [2.24, 2.45) is 0 Å². The van der Waals surface area contributed by atoms with Gasteiger partial charge in [0.1, 0.15) is 17.8 Å². The topological polar surface area (TPSA) is 0 Å². The maximum Gasteiger partial charge on any atom is 0.129 e. The summed E-state index contributed by atoms with van der Waals surface area (Å²) < 4.78 is 41.4. The number of hydrogen-bond donors (Lipinski definition) is 0. The van der Waals surface area contributed by atoms with Crippen LogP contribution in [0.5, 0.6) is 0 Å². The van der Waals surface area contributed by atoms with Gasteiger partial charge >= 0.3 is 0 Å². The fourth-order valence-electron chi connectivity index (χ4n) is 3.42. The monoisotopic (exact) mass is 304 g/mol. The fraction of sp³-hybridized carbons (Fsp3) is 0.368. The third-order valence-electron chi connectivity index (χ3n) is 4.68. The van der Waals surface area contributed by atoms with E-state index in [9.17, 15) is 13.2 Å². The molecule has 0 amide bonds. The number of aryl methyl sites for hydroxylation is 1. The second-order valence-electron chi connectivity index (χ2n) is 6.21. The smallest absolute Gasteiger partial charge is 0.129 e. The van der Waals surface area contributed by atoms with E-state index in [1.807, 2.05) is 31.2 Å². The average molecular weight is 304 g/mol. The Morgan fingerprint density at radius 3 is 2.32 bits per heavy atom. The molecule has 2 unspecified atom stereocenters. The highest BCUT2D eigenvalue weighted by Gasteiger charge is 2.33. The summed E-state index contributed by atoms with van der Waals surface area (Å²) in [5.41, 5.74) is 2.60. The molecule has 1 fully saturated rings. The third kappa shape index (κ3) is 3.03. The molecule has 116 valence electrons. The molecule has 0 aliphatic heterocycles. The minimum absolute atomic E-state index is 0.125. The normalized spacial score (nSPS) is 25.2. The molecular weight excluding hydrogens is 285 g/mol. The first kappa shape index (κ1) is 15.1. The van der Waals surface area contributed by atoms with Crippen LogP contribution < -0.4 is 0 Å². The van der Waals surface area contributed by atoms with E-state index >= 15 is 0 Å². The van der Waals surface area contributed by atoms with Gasteiger partial charge in [-0.1, -0.05) is 35.9 Å². The summed E-state index contributed by atoms with van der Waals surface area (Å²) in [6, 6.07) is 11.5.